The van der Waals surface area contributed by atoms with Gasteiger partial charge in [-0.05, 0) is 63.9 Å². The summed E-state index contributed by atoms with van der Waals surface area (Å²) in [7, 11) is 1.98. The topological polar surface area (TPSA) is 32.3 Å². The van der Waals surface area contributed by atoms with Crippen LogP contribution in [0.15, 0.2) is 35.3 Å². The Morgan fingerprint density at radius 1 is 1.28 bits per heavy atom. The van der Waals surface area contributed by atoms with Crippen molar-refractivity contribution in [3.05, 3.63) is 35.3 Å². The van der Waals surface area contributed by atoms with E-state index in [1.807, 2.05) is 12.5 Å². The first-order valence-electron chi connectivity index (χ1n) is 9.75. The molecule has 2 aliphatic rings. The van der Waals surface area contributed by atoms with Crippen LogP contribution in [-0.2, 0) is 4.79 Å². The van der Waals surface area contributed by atoms with E-state index in [1.54, 1.807) is 17.8 Å². The third-order valence-corrected chi connectivity index (χ3v) is 6.51. The monoisotopic (exact) mass is 362 g/mol. The molecule has 2 atom stereocenters. The number of piperidine rings is 1. The van der Waals surface area contributed by atoms with E-state index in [9.17, 15) is 4.79 Å². The standard InChI is InChI=1S/C21H34N2OS/c1-4-17(12-13-22-3)15-25-16-18(5-2)21(24)23-14-8-10-19-9-6-7-11-20(19)23/h4-5,16,19-20,22H,2,6-15H2,1,3H3/b17-4+,18-16+. The normalized spacial score (nSPS) is 24.8. The fourth-order valence-corrected chi connectivity index (χ4v) is 5.04. The summed E-state index contributed by atoms with van der Waals surface area (Å²) in [6, 6.07) is 0.463. The quantitative estimate of drug-likeness (QED) is 0.391. The van der Waals surface area contributed by atoms with Gasteiger partial charge in [0.2, 0.25) is 0 Å². The Hall–Kier alpha value is -1.00. The van der Waals surface area contributed by atoms with Gasteiger partial charge in [0.15, 0.2) is 0 Å². The van der Waals surface area contributed by atoms with Gasteiger partial charge in [0, 0.05) is 23.9 Å². The predicted octanol–water partition coefficient (Wildman–Crippen LogP) is 4.53. The molecular weight excluding hydrogens is 328 g/mol. The highest BCUT2D eigenvalue weighted by Gasteiger charge is 2.36. The first-order chi connectivity index (χ1) is 12.2. The first-order valence-corrected chi connectivity index (χ1v) is 10.8. The summed E-state index contributed by atoms with van der Waals surface area (Å²) < 4.78 is 0. The maximum atomic E-state index is 13.0. The number of rotatable bonds is 8. The average Bonchev–Trinajstić information content (AvgIpc) is 2.66. The molecule has 1 aliphatic heterocycles. The molecule has 1 saturated carbocycles. The van der Waals surface area contributed by atoms with Crippen LogP contribution in [0.25, 0.3) is 0 Å². The van der Waals surface area contributed by atoms with Crippen molar-refractivity contribution in [3.63, 3.8) is 0 Å². The Morgan fingerprint density at radius 2 is 2.04 bits per heavy atom. The zero-order valence-electron chi connectivity index (χ0n) is 15.9. The van der Waals surface area contributed by atoms with E-state index in [4.69, 9.17) is 0 Å². The van der Waals surface area contributed by atoms with Gasteiger partial charge < -0.3 is 10.2 Å². The van der Waals surface area contributed by atoms with Crippen molar-refractivity contribution in [2.75, 3.05) is 25.9 Å². The molecule has 4 heteroatoms. The third-order valence-electron chi connectivity index (χ3n) is 5.55. The highest BCUT2D eigenvalue weighted by atomic mass is 32.2. The predicted molar refractivity (Wildman–Crippen MR) is 110 cm³/mol. The number of allylic oxidation sites excluding steroid dienone is 1. The van der Waals surface area contributed by atoms with Crippen molar-refractivity contribution in [3.8, 4) is 0 Å². The lowest BCUT2D eigenvalue weighted by Gasteiger charge is -2.44. The molecule has 3 nitrogen and oxygen atoms in total. The number of carbonyl (C=O) groups excluding carboxylic acids is 1. The number of thioether (sulfide) groups is 1. The number of fused-ring (bicyclic) bond motifs is 1. The Balaban J connectivity index is 1.96. The number of amides is 1. The van der Waals surface area contributed by atoms with E-state index < -0.39 is 0 Å². The molecule has 0 aromatic rings. The smallest absolute Gasteiger partial charge is 0.254 e. The van der Waals surface area contributed by atoms with E-state index in [0.29, 0.717) is 6.04 Å². The summed E-state index contributed by atoms with van der Waals surface area (Å²) in [4.78, 5) is 15.2. The highest BCUT2D eigenvalue weighted by Crippen LogP contribution is 2.36. The molecular formula is C21H34N2OS. The van der Waals surface area contributed by atoms with Crippen LogP contribution in [0.3, 0.4) is 0 Å². The van der Waals surface area contributed by atoms with Crippen LogP contribution in [0.4, 0.5) is 0 Å². The van der Waals surface area contributed by atoms with Crippen LogP contribution in [0.1, 0.15) is 51.9 Å². The van der Waals surface area contributed by atoms with Crippen molar-refractivity contribution >= 4 is 17.7 Å². The second-order valence-electron chi connectivity index (χ2n) is 7.14. The molecule has 0 radical (unpaired) electrons. The second-order valence-corrected chi connectivity index (χ2v) is 8.00. The molecule has 2 rings (SSSR count). The average molecular weight is 363 g/mol. The van der Waals surface area contributed by atoms with Gasteiger partial charge in [-0.3, -0.25) is 4.79 Å². The lowest BCUT2D eigenvalue weighted by atomic mass is 9.78. The molecule has 1 saturated heterocycles. The van der Waals surface area contributed by atoms with Gasteiger partial charge in [0.25, 0.3) is 5.91 Å². The summed E-state index contributed by atoms with van der Waals surface area (Å²) in [5.41, 5.74) is 2.18. The van der Waals surface area contributed by atoms with Crippen LogP contribution in [0.2, 0.25) is 0 Å². The number of carbonyl (C=O) groups is 1. The molecule has 0 aromatic heterocycles. The fourth-order valence-electron chi connectivity index (χ4n) is 4.05. The minimum absolute atomic E-state index is 0.191. The lowest BCUT2D eigenvalue weighted by molar-refractivity contribution is -0.132. The number of nitrogens with zero attached hydrogens (tertiary/aromatic N) is 1. The van der Waals surface area contributed by atoms with Crippen LogP contribution < -0.4 is 5.32 Å². The highest BCUT2D eigenvalue weighted by molar-refractivity contribution is 8.02. The molecule has 1 aliphatic carbocycles. The molecule has 1 heterocycles. The second kappa shape index (κ2) is 10.9. The Bertz CT molecular complexity index is 510. The van der Waals surface area contributed by atoms with E-state index in [2.05, 4.69) is 29.8 Å². The zero-order chi connectivity index (χ0) is 18.1. The number of nitrogens with one attached hydrogen (secondary N) is 1. The number of likely N-dealkylation sites (tertiary alicyclic amines) is 1. The Kier molecular flexibility index (Phi) is 8.83. The van der Waals surface area contributed by atoms with Crippen LogP contribution in [-0.4, -0.2) is 42.7 Å². The van der Waals surface area contributed by atoms with Crippen molar-refractivity contribution in [1.82, 2.24) is 10.2 Å². The maximum Gasteiger partial charge on any atom is 0.254 e. The van der Waals surface area contributed by atoms with E-state index in [0.717, 1.165) is 43.2 Å². The van der Waals surface area contributed by atoms with Crippen LogP contribution in [0, 0.1) is 5.92 Å². The van der Waals surface area contributed by atoms with E-state index in [-0.39, 0.29) is 5.91 Å². The van der Waals surface area contributed by atoms with Gasteiger partial charge in [-0.15, -0.1) is 11.8 Å². The minimum atomic E-state index is 0.191. The van der Waals surface area contributed by atoms with Gasteiger partial charge in [0.05, 0.1) is 0 Å². The lowest BCUT2D eigenvalue weighted by Crippen LogP contribution is -2.49. The molecule has 0 spiro atoms. The summed E-state index contributed by atoms with van der Waals surface area (Å²) in [6.45, 7) is 7.89. The molecule has 2 fully saturated rings. The molecule has 0 aromatic carbocycles. The zero-order valence-corrected chi connectivity index (χ0v) is 16.7. The molecule has 0 bridgehead atoms. The van der Waals surface area contributed by atoms with Crippen LogP contribution in [0.5, 0.6) is 0 Å². The molecule has 2 unspecified atom stereocenters. The Labute approximate surface area is 158 Å². The third kappa shape index (κ3) is 5.75. The number of hydrogen-bond acceptors (Lipinski definition) is 3. The van der Waals surface area contributed by atoms with Crippen molar-refractivity contribution in [2.24, 2.45) is 5.92 Å². The Morgan fingerprint density at radius 3 is 2.76 bits per heavy atom. The first kappa shape index (κ1) is 20.3. The van der Waals surface area contributed by atoms with Gasteiger partial charge in [-0.25, -0.2) is 0 Å². The molecule has 1 N–H and O–H groups in total. The largest absolute Gasteiger partial charge is 0.335 e. The van der Waals surface area contributed by atoms with Gasteiger partial charge >= 0.3 is 0 Å². The van der Waals surface area contributed by atoms with Gasteiger partial charge in [0.1, 0.15) is 0 Å². The van der Waals surface area contributed by atoms with Gasteiger partial charge in [-0.1, -0.05) is 37.1 Å². The van der Waals surface area contributed by atoms with E-state index >= 15 is 0 Å². The minimum Gasteiger partial charge on any atom is -0.335 e. The maximum absolute atomic E-state index is 13.0. The SMILES string of the molecule is C=C/C(=C\SC/C(=C/C)CCNC)C(=O)N1CCCC2CCCCC21. The fraction of sp³-hybridized carbons (Fsp3) is 0.667. The molecule has 140 valence electrons. The summed E-state index contributed by atoms with van der Waals surface area (Å²) in [5, 5.41) is 5.21. The molecule has 25 heavy (non-hydrogen) atoms. The van der Waals surface area contributed by atoms with Crippen molar-refractivity contribution in [1.29, 1.82) is 0 Å². The summed E-state index contributed by atoms with van der Waals surface area (Å²) >= 11 is 1.71. The summed E-state index contributed by atoms with van der Waals surface area (Å²) in [5.74, 6) is 1.85. The number of hydrogen-bond donors (Lipinski definition) is 1. The van der Waals surface area contributed by atoms with Crippen molar-refractivity contribution in [2.45, 2.75) is 57.9 Å². The van der Waals surface area contributed by atoms with E-state index in [1.165, 1.54) is 37.7 Å². The molecule has 1 amide bonds. The summed E-state index contributed by atoms with van der Waals surface area (Å²) in [6.07, 6.45) is 12.5. The van der Waals surface area contributed by atoms with Crippen molar-refractivity contribution < 1.29 is 4.79 Å². The van der Waals surface area contributed by atoms with Crippen LogP contribution >= 0.6 is 11.8 Å². The van der Waals surface area contributed by atoms with Gasteiger partial charge in [-0.2, -0.15) is 0 Å².